The van der Waals surface area contributed by atoms with Gasteiger partial charge in [-0.3, -0.25) is 9.52 Å². The molecule has 2 aromatic rings. The number of carbonyl (C=O) groups is 1. The molecule has 0 heterocycles. The van der Waals surface area contributed by atoms with Crippen LogP contribution in [0, 0.1) is 0 Å². The predicted molar refractivity (Wildman–Crippen MR) is 94.2 cm³/mol. The fourth-order valence-corrected chi connectivity index (χ4v) is 3.54. The van der Waals surface area contributed by atoms with Gasteiger partial charge in [0.1, 0.15) is 0 Å². The largest absolute Gasteiger partial charge is 0.349 e. The van der Waals surface area contributed by atoms with Gasteiger partial charge in [0.2, 0.25) is 0 Å². The smallest absolute Gasteiger partial charge is 0.261 e. The maximum absolute atomic E-state index is 12.4. The summed E-state index contributed by atoms with van der Waals surface area (Å²) in [5.74, 6) is -0.202. The quantitative estimate of drug-likeness (QED) is 0.825. The zero-order valence-corrected chi connectivity index (χ0v) is 14.8. The molecule has 1 saturated carbocycles. The maximum atomic E-state index is 12.4. The Bertz CT molecular complexity index is 879. The van der Waals surface area contributed by atoms with Crippen LogP contribution in [0.1, 0.15) is 23.2 Å². The minimum absolute atomic E-state index is 0.0292. The topological polar surface area (TPSA) is 75.3 Å². The van der Waals surface area contributed by atoms with Crippen molar-refractivity contribution in [2.45, 2.75) is 23.8 Å². The average molecular weight is 385 g/mol. The molecule has 126 valence electrons. The number of anilines is 1. The Labute approximate surface area is 150 Å². The van der Waals surface area contributed by atoms with E-state index in [0.717, 1.165) is 12.8 Å². The van der Waals surface area contributed by atoms with Crippen LogP contribution in [0.4, 0.5) is 5.69 Å². The van der Waals surface area contributed by atoms with Gasteiger partial charge in [0.15, 0.2) is 0 Å². The van der Waals surface area contributed by atoms with E-state index in [2.05, 4.69) is 10.0 Å². The minimum Gasteiger partial charge on any atom is -0.349 e. The summed E-state index contributed by atoms with van der Waals surface area (Å²) in [6.07, 6.45) is 1.98. The number of carbonyl (C=O) groups excluding carboxylic acids is 1. The van der Waals surface area contributed by atoms with E-state index < -0.39 is 10.0 Å². The molecule has 0 aromatic heterocycles. The van der Waals surface area contributed by atoms with Crippen LogP contribution in [0.15, 0.2) is 47.4 Å². The Balaban J connectivity index is 1.79. The SMILES string of the molecule is O=C(NC1CC1)c1ccc(S(=O)(=O)Nc2cccc(Cl)c2Cl)cc1. The lowest BCUT2D eigenvalue weighted by atomic mass is 10.2. The average Bonchev–Trinajstić information content (AvgIpc) is 3.36. The summed E-state index contributed by atoms with van der Waals surface area (Å²) in [5, 5.41) is 3.23. The van der Waals surface area contributed by atoms with Crippen molar-refractivity contribution in [3.63, 3.8) is 0 Å². The molecule has 3 rings (SSSR count). The van der Waals surface area contributed by atoms with E-state index in [-0.39, 0.29) is 32.6 Å². The highest BCUT2D eigenvalue weighted by Crippen LogP contribution is 2.31. The highest BCUT2D eigenvalue weighted by Gasteiger charge is 2.24. The second-order valence-electron chi connectivity index (χ2n) is 5.48. The number of hydrogen-bond acceptors (Lipinski definition) is 3. The lowest BCUT2D eigenvalue weighted by molar-refractivity contribution is 0.0951. The van der Waals surface area contributed by atoms with E-state index in [4.69, 9.17) is 23.2 Å². The molecule has 5 nitrogen and oxygen atoms in total. The van der Waals surface area contributed by atoms with Crippen molar-refractivity contribution < 1.29 is 13.2 Å². The Hall–Kier alpha value is -1.76. The molecule has 0 atom stereocenters. The number of nitrogens with one attached hydrogen (secondary N) is 2. The van der Waals surface area contributed by atoms with E-state index in [0.29, 0.717) is 5.56 Å². The zero-order chi connectivity index (χ0) is 17.3. The molecule has 0 spiro atoms. The lowest BCUT2D eigenvalue weighted by Crippen LogP contribution is -2.25. The molecular weight excluding hydrogens is 371 g/mol. The first-order chi connectivity index (χ1) is 11.4. The summed E-state index contributed by atoms with van der Waals surface area (Å²) in [6, 6.07) is 10.6. The van der Waals surface area contributed by atoms with Crippen molar-refractivity contribution in [3.8, 4) is 0 Å². The van der Waals surface area contributed by atoms with Crippen molar-refractivity contribution >= 4 is 44.8 Å². The fraction of sp³-hybridized carbons (Fsp3) is 0.188. The molecule has 1 amide bonds. The van der Waals surface area contributed by atoms with Crippen LogP contribution in [-0.2, 0) is 10.0 Å². The first kappa shape index (κ1) is 17.1. The van der Waals surface area contributed by atoms with Gasteiger partial charge in [0, 0.05) is 11.6 Å². The highest BCUT2D eigenvalue weighted by molar-refractivity contribution is 7.92. The molecule has 0 bridgehead atoms. The van der Waals surface area contributed by atoms with Gasteiger partial charge in [0.05, 0.1) is 20.6 Å². The minimum atomic E-state index is -3.83. The first-order valence-electron chi connectivity index (χ1n) is 7.24. The number of rotatable bonds is 5. The number of benzene rings is 2. The van der Waals surface area contributed by atoms with Gasteiger partial charge in [-0.2, -0.15) is 0 Å². The van der Waals surface area contributed by atoms with Gasteiger partial charge >= 0.3 is 0 Å². The number of hydrogen-bond donors (Lipinski definition) is 2. The van der Waals surface area contributed by atoms with E-state index >= 15 is 0 Å². The predicted octanol–water partition coefficient (Wildman–Crippen LogP) is 3.69. The normalized spacial score (nSPS) is 14.2. The van der Waals surface area contributed by atoms with Gasteiger partial charge in [-0.25, -0.2) is 8.42 Å². The van der Waals surface area contributed by atoms with E-state index in [1.54, 1.807) is 12.1 Å². The second kappa shape index (κ2) is 6.63. The Morgan fingerprint density at radius 1 is 1.04 bits per heavy atom. The van der Waals surface area contributed by atoms with Crippen molar-refractivity contribution in [3.05, 3.63) is 58.1 Å². The lowest BCUT2D eigenvalue weighted by Gasteiger charge is -2.11. The standard InChI is InChI=1S/C16H14Cl2N2O3S/c17-13-2-1-3-14(15(13)18)20-24(22,23)12-8-4-10(5-9-12)16(21)19-11-6-7-11/h1-5,8-9,11,20H,6-7H2,(H,19,21). The molecule has 0 radical (unpaired) electrons. The van der Waals surface area contributed by atoms with Crippen molar-refractivity contribution in [1.82, 2.24) is 5.32 Å². The van der Waals surface area contributed by atoms with Gasteiger partial charge in [-0.1, -0.05) is 29.3 Å². The van der Waals surface area contributed by atoms with Crippen LogP contribution < -0.4 is 10.0 Å². The molecule has 2 aromatic carbocycles. The van der Waals surface area contributed by atoms with Gasteiger partial charge in [0.25, 0.3) is 15.9 Å². The molecule has 0 aliphatic heterocycles. The first-order valence-corrected chi connectivity index (χ1v) is 9.48. The molecule has 0 unspecified atom stereocenters. The van der Waals surface area contributed by atoms with Crippen LogP contribution in [0.2, 0.25) is 10.0 Å². The van der Waals surface area contributed by atoms with E-state index in [9.17, 15) is 13.2 Å². The third-order valence-electron chi connectivity index (χ3n) is 3.54. The molecule has 0 saturated heterocycles. The van der Waals surface area contributed by atoms with Crippen LogP contribution in [0.3, 0.4) is 0 Å². The second-order valence-corrected chi connectivity index (χ2v) is 7.95. The Morgan fingerprint density at radius 3 is 2.33 bits per heavy atom. The summed E-state index contributed by atoms with van der Waals surface area (Å²) in [5.41, 5.74) is 0.612. The number of amides is 1. The molecule has 2 N–H and O–H groups in total. The van der Waals surface area contributed by atoms with Crippen molar-refractivity contribution in [1.29, 1.82) is 0 Å². The monoisotopic (exact) mass is 384 g/mol. The third-order valence-corrected chi connectivity index (χ3v) is 5.74. The van der Waals surface area contributed by atoms with Crippen LogP contribution >= 0.6 is 23.2 Å². The molecule has 24 heavy (non-hydrogen) atoms. The summed E-state index contributed by atoms with van der Waals surface area (Å²) in [4.78, 5) is 12.0. The number of halogens is 2. The van der Waals surface area contributed by atoms with Gasteiger partial charge in [-0.15, -0.1) is 0 Å². The summed E-state index contributed by atoms with van der Waals surface area (Å²) in [6.45, 7) is 0. The third kappa shape index (κ3) is 3.83. The summed E-state index contributed by atoms with van der Waals surface area (Å²) >= 11 is 11.9. The molecule has 1 aliphatic rings. The van der Waals surface area contributed by atoms with Gasteiger partial charge < -0.3 is 5.32 Å². The van der Waals surface area contributed by atoms with Gasteiger partial charge in [-0.05, 0) is 49.2 Å². The van der Waals surface area contributed by atoms with Crippen molar-refractivity contribution in [2.75, 3.05) is 4.72 Å². The van der Waals surface area contributed by atoms with E-state index in [1.165, 1.54) is 30.3 Å². The van der Waals surface area contributed by atoms with Crippen LogP contribution in [-0.4, -0.2) is 20.4 Å². The fourth-order valence-electron chi connectivity index (χ4n) is 2.07. The zero-order valence-electron chi connectivity index (χ0n) is 12.4. The summed E-state index contributed by atoms with van der Waals surface area (Å²) in [7, 11) is -3.83. The molecule has 1 aliphatic carbocycles. The number of sulfonamides is 1. The molecule has 1 fully saturated rings. The highest BCUT2D eigenvalue weighted by atomic mass is 35.5. The molecule has 8 heteroatoms. The van der Waals surface area contributed by atoms with E-state index in [1.807, 2.05) is 0 Å². The van der Waals surface area contributed by atoms with Crippen molar-refractivity contribution in [2.24, 2.45) is 0 Å². The maximum Gasteiger partial charge on any atom is 0.261 e. The summed E-state index contributed by atoms with van der Waals surface area (Å²) < 4.78 is 27.2. The Morgan fingerprint density at radius 2 is 1.71 bits per heavy atom. The van der Waals surface area contributed by atoms with Crippen LogP contribution in [0.25, 0.3) is 0 Å². The van der Waals surface area contributed by atoms with Crippen LogP contribution in [0.5, 0.6) is 0 Å². The Kier molecular flexibility index (Phi) is 4.71. The molecular formula is C16H14Cl2N2O3S.